The third-order valence-corrected chi connectivity index (χ3v) is 7.04. The summed E-state index contributed by atoms with van der Waals surface area (Å²) in [7, 11) is -1.45. The van der Waals surface area contributed by atoms with Crippen molar-refractivity contribution in [2.45, 2.75) is 5.85 Å². The molecule has 0 saturated heterocycles. The largest absolute Gasteiger partial charge is 0.419 e. The van der Waals surface area contributed by atoms with E-state index in [0.717, 1.165) is 10.6 Å². The predicted octanol–water partition coefficient (Wildman–Crippen LogP) is 3.86. The highest BCUT2D eigenvalue weighted by atomic mass is 31.1. The highest BCUT2D eigenvalue weighted by molar-refractivity contribution is 7.73. The van der Waals surface area contributed by atoms with Crippen molar-refractivity contribution in [2.24, 2.45) is 0 Å². The average molecular weight is 337 g/mol. The van der Waals surface area contributed by atoms with E-state index in [9.17, 15) is 9.18 Å². The Balaban J connectivity index is 1.87. The first kappa shape index (κ1) is 15.0. The van der Waals surface area contributed by atoms with Gasteiger partial charge in [-0.2, -0.15) is 0 Å². The summed E-state index contributed by atoms with van der Waals surface area (Å²) in [5.41, 5.74) is 1.12. The number of esters is 1. The normalized spacial score (nSPS) is 16.1. The van der Waals surface area contributed by atoms with Gasteiger partial charge in [0.25, 0.3) is 0 Å². The number of cyclic esters (lactones) is 1. The molecule has 0 aromatic heterocycles. The number of fused-ring (bicyclic) bond motifs is 1. The molecule has 1 atom stereocenters. The lowest BCUT2D eigenvalue weighted by atomic mass is 10.1. The minimum absolute atomic E-state index is 0.348. The average Bonchev–Trinajstić information content (AvgIpc) is 2.93. The molecule has 0 fully saturated rings. The van der Waals surface area contributed by atoms with Crippen LogP contribution in [0, 0.1) is 5.82 Å². The van der Waals surface area contributed by atoms with Gasteiger partial charge < -0.3 is 4.74 Å². The van der Waals surface area contributed by atoms with Gasteiger partial charge in [-0.05, 0) is 42.5 Å². The van der Waals surface area contributed by atoms with Gasteiger partial charge in [0.1, 0.15) is 24.3 Å². The fourth-order valence-corrected chi connectivity index (χ4v) is 5.91. The maximum Gasteiger partial charge on any atom is 0.342 e. The molecule has 1 aliphatic rings. The number of hydrogen-bond donors (Lipinski definition) is 0. The van der Waals surface area contributed by atoms with E-state index in [1.54, 1.807) is 0 Å². The molecule has 1 heterocycles. The van der Waals surface area contributed by atoms with Gasteiger partial charge in [0.15, 0.2) is 0 Å². The first-order chi connectivity index (χ1) is 11.7. The molecule has 0 spiro atoms. The molecule has 2 nitrogen and oxygen atoms in total. The zero-order valence-electron chi connectivity index (χ0n) is 12.8. The second-order valence-electron chi connectivity index (χ2n) is 5.66. The van der Waals surface area contributed by atoms with Gasteiger partial charge in [0.05, 0.1) is 5.56 Å². The summed E-state index contributed by atoms with van der Waals surface area (Å²) in [4.78, 5) is 12.2. The van der Waals surface area contributed by atoms with E-state index in [4.69, 9.17) is 4.74 Å². The summed E-state index contributed by atoms with van der Waals surface area (Å²) in [6.45, 7) is 0. The second-order valence-corrected chi connectivity index (χ2v) is 8.17. The minimum atomic E-state index is -1.45. The number of carbonyl (C=O) groups is 1. The molecule has 1 aliphatic heterocycles. The quantitative estimate of drug-likeness (QED) is 0.536. The van der Waals surface area contributed by atoms with Crippen molar-refractivity contribution in [3.8, 4) is 0 Å². The Labute approximate surface area is 140 Å². The first-order valence-electron chi connectivity index (χ1n) is 7.72. The van der Waals surface area contributed by atoms with E-state index < -0.39 is 13.8 Å². The number of benzene rings is 3. The van der Waals surface area contributed by atoms with E-state index in [0.29, 0.717) is 11.1 Å². The zero-order valence-corrected chi connectivity index (χ0v) is 13.8. The fraction of sp³-hybridized carbons (Fsp3) is 0.0500. The van der Waals surface area contributed by atoms with Crippen molar-refractivity contribution < 1.29 is 13.9 Å². The Kier molecular flexibility index (Phi) is 3.87. The molecule has 3 aromatic carbocycles. The molecule has 0 N–H and O–H groups in total. The third kappa shape index (κ3) is 2.61. The molecule has 4 rings (SSSR count). The van der Waals surface area contributed by atoms with Crippen molar-refractivity contribution >= 4 is 24.5 Å². The molecular weight excluding hydrogens is 322 g/mol. The standard InChI is InChI=1S/C20H14FO2P/c21-14-11-12-17-18(13-14)20(23-19(17)22)24(15-7-3-1-4-8-15)16-9-5-2-6-10-16/h1-13,20H/p+1. The summed E-state index contributed by atoms with van der Waals surface area (Å²) < 4.78 is 19.5. The van der Waals surface area contributed by atoms with Crippen molar-refractivity contribution in [1.82, 2.24) is 0 Å². The molecule has 4 heteroatoms. The Morgan fingerprint density at radius 1 is 0.833 bits per heavy atom. The molecule has 0 aliphatic carbocycles. The lowest BCUT2D eigenvalue weighted by Gasteiger charge is -2.17. The summed E-state index contributed by atoms with van der Waals surface area (Å²) in [6, 6.07) is 24.3. The monoisotopic (exact) mass is 337 g/mol. The van der Waals surface area contributed by atoms with Crippen molar-refractivity contribution in [1.29, 1.82) is 0 Å². The van der Waals surface area contributed by atoms with Crippen LogP contribution < -0.4 is 10.6 Å². The van der Waals surface area contributed by atoms with Crippen LogP contribution in [0.5, 0.6) is 0 Å². The summed E-state index contributed by atoms with van der Waals surface area (Å²) >= 11 is 0. The van der Waals surface area contributed by atoms with Gasteiger partial charge in [-0.25, -0.2) is 9.18 Å². The summed E-state index contributed by atoms with van der Waals surface area (Å²) in [5.74, 6) is -1.15. The van der Waals surface area contributed by atoms with Gasteiger partial charge in [-0.3, -0.25) is 0 Å². The Morgan fingerprint density at radius 3 is 2.00 bits per heavy atom. The van der Waals surface area contributed by atoms with E-state index in [1.165, 1.54) is 18.2 Å². The number of rotatable bonds is 3. The maximum atomic E-state index is 13.8. The van der Waals surface area contributed by atoms with Crippen LogP contribution in [0.15, 0.2) is 78.9 Å². The van der Waals surface area contributed by atoms with Gasteiger partial charge in [0.2, 0.25) is 5.85 Å². The third-order valence-electron chi connectivity index (χ3n) is 4.17. The van der Waals surface area contributed by atoms with Crippen LogP contribution >= 0.6 is 7.92 Å². The van der Waals surface area contributed by atoms with Gasteiger partial charge in [-0.15, -0.1) is 0 Å². The zero-order chi connectivity index (χ0) is 16.5. The van der Waals surface area contributed by atoms with Crippen LogP contribution in [0.2, 0.25) is 0 Å². The van der Waals surface area contributed by atoms with E-state index in [2.05, 4.69) is 0 Å². The van der Waals surface area contributed by atoms with E-state index in [-0.39, 0.29) is 11.8 Å². The van der Waals surface area contributed by atoms with Crippen molar-refractivity contribution in [3.05, 3.63) is 95.8 Å². The van der Waals surface area contributed by atoms with E-state index in [1.807, 2.05) is 60.7 Å². The van der Waals surface area contributed by atoms with Gasteiger partial charge in [0, 0.05) is 5.56 Å². The van der Waals surface area contributed by atoms with Crippen LogP contribution in [0.3, 0.4) is 0 Å². The van der Waals surface area contributed by atoms with Gasteiger partial charge in [-0.1, -0.05) is 36.4 Å². The number of halogens is 1. The molecular formula is C20H15FO2P+. The number of hydrogen-bond acceptors (Lipinski definition) is 2. The Bertz CT molecular complexity index is 841. The Hall–Kier alpha value is -2.51. The second kappa shape index (κ2) is 6.18. The van der Waals surface area contributed by atoms with Crippen LogP contribution in [0.1, 0.15) is 21.8 Å². The lowest BCUT2D eigenvalue weighted by Crippen LogP contribution is -2.17. The smallest absolute Gasteiger partial charge is 0.342 e. The minimum Gasteiger partial charge on any atom is -0.419 e. The SMILES string of the molecule is O=C1OC([PH+](c2ccccc2)c2ccccc2)c2cc(F)ccc21. The van der Waals surface area contributed by atoms with Crippen LogP contribution in [0.25, 0.3) is 0 Å². The fourth-order valence-electron chi connectivity index (χ4n) is 3.09. The van der Waals surface area contributed by atoms with Crippen LogP contribution in [-0.2, 0) is 4.74 Å². The van der Waals surface area contributed by atoms with Crippen LogP contribution in [-0.4, -0.2) is 5.97 Å². The summed E-state index contributed by atoms with van der Waals surface area (Å²) in [6.07, 6.45) is 0. The molecule has 0 radical (unpaired) electrons. The highest BCUT2D eigenvalue weighted by Gasteiger charge is 2.44. The highest BCUT2D eigenvalue weighted by Crippen LogP contribution is 2.54. The molecule has 0 amide bonds. The van der Waals surface area contributed by atoms with Gasteiger partial charge >= 0.3 is 5.97 Å². The molecule has 24 heavy (non-hydrogen) atoms. The predicted molar refractivity (Wildman–Crippen MR) is 95.0 cm³/mol. The molecule has 118 valence electrons. The maximum absolute atomic E-state index is 13.8. The summed E-state index contributed by atoms with van der Waals surface area (Å²) in [5, 5.41) is 2.26. The molecule has 0 bridgehead atoms. The molecule has 0 saturated carbocycles. The Morgan fingerprint density at radius 2 is 1.42 bits per heavy atom. The van der Waals surface area contributed by atoms with Crippen molar-refractivity contribution in [2.75, 3.05) is 0 Å². The lowest BCUT2D eigenvalue weighted by molar-refractivity contribution is 0.0517. The molecule has 1 unspecified atom stereocenters. The van der Waals surface area contributed by atoms with Crippen LogP contribution in [0.4, 0.5) is 4.39 Å². The number of ether oxygens (including phenoxy) is 1. The first-order valence-corrected chi connectivity index (χ1v) is 9.30. The van der Waals surface area contributed by atoms with Crippen molar-refractivity contribution in [3.63, 3.8) is 0 Å². The number of carbonyl (C=O) groups excluding carboxylic acids is 1. The topological polar surface area (TPSA) is 26.3 Å². The molecule has 3 aromatic rings. The van der Waals surface area contributed by atoms with E-state index >= 15 is 0 Å².